The van der Waals surface area contributed by atoms with Gasteiger partial charge in [0.25, 0.3) is 0 Å². The third-order valence-corrected chi connectivity index (χ3v) is 5.09. The summed E-state index contributed by atoms with van der Waals surface area (Å²) in [6, 6.07) is 12.0. The molecule has 2 aromatic rings. The van der Waals surface area contributed by atoms with Crippen LogP contribution in [0.1, 0.15) is 39.5 Å². The van der Waals surface area contributed by atoms with Gasteiger partial charge in [0.1, 0.15) is 0 Å². The SMILES string of the molecule is CCCCOc1ccc(-c2ccc(N3CC(C(=O)O)C3)cc2)c(OCCCC)n1. The summed E-state index contributed by atoms with van der Waals surface area (Å²) in [5.74, 6) is 0.192. The molecule has 0 radical (unpaired) electrons. The highest BCUT2D eigenvalue weighted by Crippen LogP contribution is 2.33. The van der Waals surface area contributed by atoms with Gasteiger partial charge in [0.05, 0.1) is 19.1 Å². The molecule has 1 aliphatic heterocycles. The molecule has 0 unspecified atom stereocenters. The zero-order valence-electron chi connectivity index (χ0n) is 17.3. The smallest absolute Gasteiger partial charge is 0.310 e. The van der Waals surface area contributed by atoms with Crippen molar-refractivity contribution in [2.75, 3.05) is 31.2 Å². The van der Waals surface area contributed by atoms with Crippen LogP contribution in [0.5, 0.6) is 11.8 Å². The Morgan fingerprint density at radius 2 is 1.69 bits per heavy atom. The van der Waals surface area contributed by atoms with Gasteiger partial charge in [0, 0.05) is 30.4 Å². The van der Waals surface area contributed by atoms with Crippen LogP contribution >= 0.6 is 0 Å². The molecule has 1 fully saturated rings. The van der Waals surface area contributed by atoms with Crippen LogP contribution in [0.25, 0.3) is 11.1 Å². The summed E-state index contributed by atoms with van der Waals surface area (Å²) in [7, 11) is 0. The number of hydrogen-bond acceptors (Lipinski definition) is 5. The van der Waals surface area contributed by atoms with E-state index in [0.29, 0.717) is 38.1 Å². The maximum Gasteiger partial charge on any atom is 0.310 e. The van der Waals surface area contributed by atoms with Crippen molar-refractivity contribution in [3.8, 4) is 22.9 Å². The first-order chi connectivity index (χ1) is 14.1. The summed E-state index contributed by atoms with van der Waals surface area (Å²) in [5.41, 5.74) is 2.98. The van der Waals surface area contributed by atoms with Gasteiger partial charge in [-0.1, -0.05) is 38.8 Å². The maximum atomic E-state index is 11.0. The van der Waals surface area contributed by atoms with Crippen LogP contribution < -0.4 is 14.4 Å². The first-order valence-corrected chi connectivity index (χ1v) is 10.5. The van der Waals surface area contributed by atoms with Gasteiger partial charge in [0.15, 0.2) is 0 Å². The van der Waals surface area contributed by atoms with E-state index in [9.17, 15) is 4.79 Å². The third kappa shape index (κ3) is 5.40. The lowest BCUT2D eigenvalue weighted by molar-refractivity contribution is -0.142. The number of carbonyl (C=O) groups is 1. The van der Waals surface area contributed by atoms with Crippen molar-refractivity contribution in [3.05, 3.63) is 36.4 Å². The number of carboxylic acid groups (broad SMARTS) is 1. The zero-order chi connectivity index (χ0) is 20.6. The van der Waals surface area contributed by atoms with E-state index in [1.165, 1.54) is 0 Å². The summed E-state index contributed by atoms with van der Waals surface area (Å²) < 4.78 is 11.7. The van der Waals surface area contributed by atoms with Crippen LogP contribution in [-0.4, -0.2) is 42.4 Å². The van der Waals surface area contributed by atoms with E-state index < -0.39 is 5.97 Å². The average molecular weight is 399 g/mol. The largest absolute Gasteiger partial charge is 0.481 e. The Morgan fingerprint density at radius 1 is 1.03 bits per heavy atom. The van der Waals surface area contributed by atoms with E-state index in [-0.39, 0.29) is 5.92 Å². The lowest BCUT2D eigenvalue weighted by Crippen LogP contribution is -2.50. The molecule has 0 bridgehead atoms. The van der Waals surface area contributed by atoms with Crippen LogP contribution in [0, 0.1) is 5.92 Å². The average Bonchev–Trinajstić information content (AvgIpc) is 2.68. The number of benzene rings is 1. The van der Waals surface area contributed by atoms with Crippen molar-refractivity contribution in [2.24, 2.45) is 5.92 Å². The number of rotatable bonds is 11. The van der Waals surface area contributed by atoms with Gasteiger partial charge in [-0.15, -0.1) is 0 Å². The Kier molecular flexibility index (Phi) is 7.33. The fourth-order valence-corrected chi connectivity index (χ4v) is 3.17. The van der Waals surface area contributed by atoms with E-state index in [4.69, 9.17) is 14.6 Å². The fourth-order valence-electron chi connectivity index (χ4n) is 3.17. The zero-order valence-corrected chi connectivity index (χ0v) is 17.3. The first-order valence-electron chi connectivity index (χ1n) is 10.5. The highest BCUT2D eigenvalue weighted by Gasteiger charge is 2.32. The molecule has 0 aliphatic carbocycles. The molecule has 1 saturated heterocycles. The molecule has 29 heavy (non-hydrogen) atoms. The molecule has 0 spiro atoms. The predicted octanol–water partition coefficient (Wildman–Crippen LogP) is 4.63. The first kappa shape index (κ1) is 21.0. The minimum atomic E-state index is -0.723. The predicted molar refractivity (Wildman–Crippen MR) is 114 cm³/mol. The molecular formula is C23H30N2O4. The maximum absolute atomic E-state index is 11.0. The van der Waals surface area contributed by atoms with Crippen molar-refractivity contribution in [1.82, 2.24) is 4.98 Å². The molecule has 156 valence electrons. The molecule has 0 atom stereocenters. The minimum absolute atomic E-state index is 0.266. The molecular weight excluding hydrogens is 368 g/mol. The highest BCUT2D eigenvalue weighted by atomic mass is 16.5. The lowest BCUT2D eigenvalue weighted by atomic mass is 9.98. The number of hydrogen-bond donors (Lipinski definition) is 1. The fraction of sp³-hybridized carbons (Fsp3) is 0.478. The van der Waals surface area contributed by atoms with Gasteiger partial charge in [0.2, 0.25) is 11.8 Å². The van der Waals surface area contributed by atoms with Crippen molar-refractivity contribution < 1.29 is 19.4 Å². The van der Waals surface area contributed by atoms with E-state index >= 15 is 0 Å². The second-order valence-electron chi connectivity index (χ2n) is 7.39. The summed E-state index contributed by atoms with van der Waals surface area (Å²) in [5, 5.41) is 9.04. The monoisotopic (exact) mass is 398 g/mol. The topological polar surface area (TPSA) is 71.9 Å². The molecule has 3 rings (SSSR count). The highest BCUT2D eigenvalue weighted by molar-refractivity contribution is 5.75. The second-order valence-corrected chi connectivity index (χ2v) is 7.39. The number of aromatic nitrogens is 1. The molecule has 1 N–H and O–H groups in total. The summed E-state index contributed by atoms with van der Waals surface area (Å²) in [4.78, 5) is 17.7. The number of carboxylic acids is 1. The summed E-state index contributed by atoms with van der Waals surface area (Å²) in [6.07, 6.45) is 4.11. The van der Waals surface area contributed by atoms with Gasteiger partial charge in [-0.2, -0.15) is 4.98 Å². The summed E-state index contributed by atoms with van der Waals surface area (Å²) >= 11 is 0. The Morgan fingerprint density at radius 3 is 2.31 bits per heavy atom. The Hall–Kier alpha value is -2.76. The molecule has 1 aromatic carbocycles. The van der Waals surface area contributed by atoms with Crippen molar-refractivity contribution >= 4 is 11.7 Å². The van der Waals surface area contributed by atoms with Crippen LogP contribution in [0.2, 0.25) is 0 Å². The quantitative estimate of drug-likeness (QED) is 0.557. The Balaban J connectivity index is 1.74. The number of ether oxygens (including phenoxy) is 2. The molecule has 1 aliphatic rings. The van der Waals surface area contributed by atoms with Gasteiger partial charge >= 0.3 is 5.97 Å². The minimum Gasteiger partial charge on any atom is -0.481 e. The second kappa shape index (κ2) is 10.1. The third-order valence-electron chi connectivity index (χ3n) is 5.09. The molecule has 6 heteroatoms. The standard InChI is InChI=1S/C23H30N2O4/c1-3-5-13-28-21-12-11-20(22(24-21)29-14-6-4-2)17-7-9-19(10-8-17)25-15-18(16-25)23(26)27/h7-12,18H,3-6,13-16H2,1-2H3,(H,26,27). The number of aliphatic carboxylic acids is 1. The Bertz CT molecular complexity index is 801. The number of anilines is 1. The van der Waals surface area contributed by atoms with Crippen LogP contribution in [0.15, 0.2) is 36.4 Å². The molecule has 0 saturated carbocycles. The molecule has 6 nitrogen and oxygen atoms in total. The van der Waals surface area contributed by atoms with Gasteiger partial charge in [-0.25, -0.2) is 0 Å². The number of unbranched alkanes of at least 4 members (excludes halogenated alkanes) is 2. The Labute approximate surface area is 172 Å². The molecule has 0 amide bonds. The van der Waals surface area contributed by atoms with Crippen LogP contribution in [0.3, 0.4) is 0 Å². The van der Waals surface area contributed by atoms with Crippen molar-refractivity contribution in [2.45, 2.75) is 39.5 Å². The van der Waals surface area contributed by atoms with E-state index in [2.05, 4.69) is 23.7 Å². The molecule has 2 heterocycles. The number of pyridine rings is 1. The summed E-state index contributed by atoms with van der Waals surface area (Å²) in [6.45, 7) is 6.66. The number of nitrogens with zero attached hydrogens (tertiary/aromatic N) is 2. The normalized spacial score (nSPS) is 13.8. The molecule has 1 aromatic heterocycles. The van der Waals surface area contributed by atoms with E-state index in [1.54, 1.807) is 0 Å². The van der Waals surface area contributed by atoms with E-state index in [1.807, 2.05) is 36.4 Å². The van der Waals surface area contributed by atoms with E-state index in [0.717, 1.165) is 42.5 Å². The van der Waals surface area contributed by atoms with Crippen LogP contribution in [-0.2, 0) is 4.79 Å². The van der Waals surface area contributed by atoms with Crippen molar-refractivity contribution in [1.29, 1.82) is 0 Å². The van der Waals surface area contributed by atoms with Crippen molar-refractivity contribution in [3.63, 3.8) is 0 Å². The van der Waals surface area contributed by atoms with Gasteiger partial charge in [-0.05, 0) is 36.6 Å². The van der Waals surface area contributed by atoms with Crippen LogP contribution in [0.4, 0.5) is 5.69 Å². The lowest BCUT2D eigenvalue weighted by Gasteiger charge is -2.38. The van der Waals surface area contributed by atoms with Gasteiger partial charge in [-0.3, -0.25) is 4.79 Å². The van der Waals surface area contributed by atoms with Gasteiger partial charge < -0.3 is 19.5 Å².